The first-order valence-corrected chi connectivity index (χ1v) is 6.48. The summed E-state index contributed by atoms with van der Waals surface area (Å²) in [5.41, 5.74) is 0.668. The van der Waals surface area contributed by atoms with Crippen molar-refractivity contribution in [3.8, 4) is 0 Å². The summed E-state index contributed by atoms with van der Waals surface area (Å²) in [6, 6.07) is 4.04. The highest BCUT2D eigenvalue weighted by atomic mass is 32.1. The van der Waals surface area contributed by atoms with Crippen LogP contribution in [0.2, 0.25) is 0 Å². The summed E-state index contributed by atoms with van der Waals surface area (Å²) in [6.45, 7) is 4.08. The average Bonchev–Trinajstić information content (AvgIpc) is 2.98. The molecule has 0 fully saturated rings. The van der Waals surface area contributed by atoms with Gasteiger partial charge in [-0.2, -0.15) is 5.10 Å². The fourth-order valence-electron chi connectivity index (χ4n) is 1.58. The Labute approximate surface area is 110 Å². The number of aryl methyl sites for hydroxylation is 1. The summed E-state index contributed by atoms with van der Waals surface area (Å²) in [5, 5.41) is 9.22. The quantitative estimate of drug-likeness (QED) is 0.895. The van der Waals surface area contributed by atoms with E-state index in [1.165, 1.54) is 9.75 Å². The van der Waals surface area contributed by atoms with Crippen LogP contribution in [0.4, 0.5) is 10.5 Å². The molecular weight excluding hydrogens is 248 g/mol. The average molecular weight is 264 g/mol. The number of carbonyl (C=O) groups excluding carboxylic acids is 1. The van der Waals surface area contributed by atoms with E-state index in [-0.39, 0.29) is 12.1 Å². The molecule has 0 aliphatic carbocycles. The van der Waals surface area contributed by atoms with Gasteiger partial charge in [-0.1, -0.05) is 0 Å². The van der Waals surface area contributed by atoms with Crippen molar-refractivity contribution in [1.29, 1.82) is 0 Å². The van der Waals surface area contributed by atoms with Crippen molar-refractivity contribution in [1.82, 2.24) is 15.1 Å². The minimum absolute atomic E-state index is 0.0515. The lowest BCUT2D eigenvalue weighted by atomic mass is 10.2. The van der Waals surface area contributed by atoms with Gasteiger partial charge in [0.05, 0.1) is 17.9 Å². The molecule has 2 N–H and O–H groups in total. The zero-order chi connectivity index (χ0) is 13.1. The molecule has 2 aromatic rings. The smallest absolute Gasteiger partial charge is 0.320 e. The van der Waals surface area contributed by atoms with E-state index in [4.69, 9.17) is 0 Å². The third-order valence-corrected chi connectivity index (χ3v) is 3.99. The van der Waals surface area contributed by atoms with Gasteiger partial charge >= 0.3 is 6.03 Å². The van der Waals surface area contributed by atoms with Crippen LogP contribution in [-0.2, 0) is 0 Å². The van der Waals surface area contributed by atoms with Gasteiger partial charge in [-0.3, -0.25) is 5.10 Å². The molecule has 96 valence electrons. The molecule has 0 spiro atoms. The predicted octanol–water partition coefficient (Wildman–Crippen LogP) is 3.00. The summed E-state index contributed by atoms with van der Waals surface area (Å²) in [6.07, 6.45) is 3.22. The minimum atomic E-state index is -0.144. The minimum Gasteiger partial charge on any atom is -0.320 e. The standard InChI is InChI=1S/C12H16N4OS/c1-8-4-5-11(18-8)9(2)16(3)12(17)15-10-6-13-14-7-10/h4-7,9H,1-3H3,(H,13,14)(H,15,17)/t9-/m0/s1. The van der Waals surface area contributed by atoms with Crippen LogP contribution in [0.1, 0.15) is 22.7 Å². The molecule has 18 heavy (non-hydrogen) atoms. The Hall–Kier alpha value is -1.82. The second-order valence-electron chi connectivity index (χ2n) is 4.15. The third kappa shape index (κ3) is 2.70. The van der Waals surface area contributed by atoms with Crippen LogP contribution in [0.5, 0.6) is 0 Å². The zero-order valence-electron chi connectivity index (χ0n) is 10.6. The van der Waals surface area contributed by atoms with Gasteiger partial charge in [0.1, 0.15) is 0 Å². The number of rotatable bonds is 3. The number of aromatic nitrogens is 2. The van der Waals surface area contributed by atoms with E-state index in [0.29, 0.717) is 5.69 Å². The van der Waals surface area contributed by atoms with Crippen LogP contribution in [0, 0.1) is 6.92 Å². The maximum atomic E-state index is 12.0. The lowest BCUT2D eigenvalue weighted by Gasteiger charge is -2.24. The SMILES string of the molecule is Cc1ccc([C@H](C)N(C)C(=O)Nc2cn[nH]c2)s1. The first-order chi connectivity index (χ1) is 8.58. The molecule has 6 heteroatoms. The number of anilines is 1. The monoisotopic (exact) mass is 264 g/mol. The summed E-state index contributed by atoms with van der Waals surface area (Å²) >= 11 is 1.71. The summed E-state index contributed by atoms with van der Waals surface area (Å²) in [7, 11) is 1.79. The lowest BCUT2D eigenvalue weighted by molar-refractivity contribution is 0.209. The van der Waals surface area contributed by atoms with E-state index >= 15 is 0 Å². The van der Waals surface area contributed by atoms with Crippen LogP contribution in [0.25, 0.3) is 0 Å². The van der Waals surface area contributed by atoms with Gasteiger partial charge < -0.3 is 10.2 Å². The van der Waals surface area contributed by atoms with E-state index in [1.54, 1.807) is 35.7 Å². The molecule has 2 heterocycles. The number of carbonyl (C=O) groups is 1. The summed E-state index contributed by atoms with van der Waals surface area (Å²) in [5.74, 6) is 0. The van der Waals surface area contributed by atoms with Crippen molar-refractivity contribution < 1.29 is 4.79 Å². The summed E-state index contributed by atoms with van der Waals surface area (Å²) < 4.78 is 0. The molecule has 0 saturated carbocycles. The molecule has 0 aliphatic rings. The van der Waals surface area contributed by atoms with Gasteiger partial charge in [0.2, 0.25) is 0 Å². The first-order valence-electron chi connectivity index (χ1n) is 5.67. The normalized spacial score (nSPS) is 12.2. The van der Waals surface area contributed by atoms with Crippen molar-refractivity contribution >= 4 is 23.1 Å². The Morgan fingerprint density at radius 3 is 2.89 bits per heavy atom. The van der Waals surface area contributed by atoms with Crippen LogP contribution in [-0.4, -0.2) is 28.2 Å². The predicted molar refractivity (Wildman–Crippen MR) is 72.8 cm³/mol. The molecule has 1 atom stereocenters. The largest absolute Gasteiger partial charge is 0.322 e. The third-order valence-electron chi connectivity index (χ3n) is 2.82. The highest BCUT2D eigenvalue weighted by Gasteiger charge is 2.18. The van der Waals surface area contributed by atoms with Crippen molar-refractivity contribution in [2.24, 2.45) is 0 Å². The Bertz CT molecular complexity index is 520. The second-order valence-corrected chi connectivity index (χ2v) is 5.47. The zero-order valence-corrected chi connectivity index (χ0v) is 11.4. The van der Waals surface area contributed by atoms with Crippen LogP contribution < -0.4 is 5.32 Å². The molecule has 0 bridgehead atoms. The molecule has 2 rings (SSSR count). The highest BCUT2D eigenvalue weighted by Crippen LogP contribution is 2.26. The van der Waals surface area contributed by atoms with Gasteiger partial charge in [0.15, 0.2) is 0 Å². The van der Waals surface area contributed by atoms with Gasteiger partial charge in [-0.15, -0.1) is 11.3 Å². The van der Waals surface area contributed by atoms with Crippen molar-refractivity contribution in [2.75, 3.05) is 12.4 Å². The van der Waals surface area contributed by atoms with Crippen molar-refractivity contribution in [3.63, 3.8) is 0 Å². The number of nitrogens with one attached hydrogen (secondary N) is 2. The highest BCUT2D eigenvalue weighted by molar-refractivity contribution is 7.12. The number of urea groups is 1. The van der Waals surface area contributed by atoms with E-state index in [9.17, 15) is 4.79 Å². The maximum absolute atomic E-state index is 12.0. The number of hydrogen-bond acceptors (Lipinski definition) is 3. The van der Waals surface area contributed by atoms with E-state index in [2.05, 4.69) is 34.6 Å². The molecule has 2 amide bonds. The maximum Gasteiger partial charge on any atom is 0.322 e. The number of hydrogen-bond donors (Lipinski definition) is 2. The number of H-pyrrole nitrogens is 1. The Morgan fingerprint density at radius 2 is 2.33 bits per heavy atom. The van der Waals surface area contributed by atoms with Crippen molar-refractivity contribution in [3.05, 3.63) is 34.3 Å². The van der Waals surface area contributed by atoms with Gasteiger partial charge in [0.25, 0.3) is 0 Å². The fourth-order valence-corrected chi connectivity index (χ4v) is 2.55. The molecule has 5 nitrogen and oxygen atoms in total. The Kier molecular flexibility index (Phi) is 3.66. The Balaban J connectivity index is 2.02. The Morgan fingerprint density at radius 1 is 1.56 bits per heavy atom. The van der Waals surface area contributed by atoms with E-state index < -0.39 is 0 Å². The number of aromatic amines is 1. The number of thiophene rings is 1. The molecule has 0 radical (unpaired) electrons. The second kappa shape index (κ2) is 5.22. The fraction of sp³-hybridized carbons (Fsp3) is 0.333. The van der Waals surface area contributed by atoms with Gasteiger partial charge in [0, 0.05) is 23.0 Å². The molecule has 0 saturated heterocycles. The molecule has 0 aliphatic heterocycles. The van der Waals surface area contributed by atoms with Crippen LogP contribution in [0.3, 0.4) is 0 Å². The van der Waals surface area contributed by atoms with Crippen LogP contribution >= 0.6 is 11.3 Å². The molecule has 0 unspecified atom stereocenters. The first kappa shape index (κ1) is 12.6. The summed E-state index contributed by atoms with van der Waals surface area (Å²) in [4.78, 5) is 16.1. The van der Waals surface area contributed by atoms with Gasteiger partial charge in [-0.05, 0) is 26.0 Å². The van der Waals surface area contributed by atoms with Gasteiger partial charge in [-0.25, -0.2) is 4.79 Å². The molecule has 2 aromatic heterocycles. The molecular formula is C12H16N4OS. The van der Waals surface area contributed by atoms with E-state index in [1.807, 2.05) is 6.92 Å². The lowest BCUT2D eigenvalue weighted by Crippen LogP contribution is -2.33. The van der Waals surface area contributed by atoms with Crippen LogP contribution in [0.15, 0.2) is 24.5 Å². The molecule has 0 aromatic carbocycles. The van der Waals surface area contributed by atoms with E-state index in [0.717, 1.165) is 0 Å². The number of nitrogens with zero attached hydrogens (tertiary/aromatic N) is 2. The number of amides is 2. The van der Waals surface area contributed by atoms with Crippen molar-refractivity contribution in [2.45, 2.75) is 19.9 Å². The topological polar surface area (TPSA) is 61.0 Å².